The van der Waals surface area contributed by atoms with Gasteiger partial charge in [0.1, 0.15) is 12.6 Å². The molecule has 4 aromatic carbocycles. The molecule has 0 bridgehead atoms. The molecule has 0 aliphatic rings. The highest BCUT2D eigenvalue weighted by Gasteiger charge is 2.35. The Kier molecular flexibility index (Phi) is 12.2. The zero-order chi connectivity index (χ0) is 34.8. The number of rotatable bonds is 15. The van der Waals surface area contributed by atoms with Gasteiger partial charge in [0.2, 0.25) is 11.8 Å². The number of ether oxygens (including phenoxy) is 2. The smallest absolute Gasteiger partial charge is 0.264 e. The summed E-state index contributed by atoms with van der Waals surface area (Å²) in [5.74, 6) is -0.229. The monoisotopic (exact) mass is 671 g/mol. The largest absolute Gasteiger partial charge is 0.493 e. The number of carbonyl (C=O) groups is 2. The molecule has 0 aromatic heterocycles. The summed E-state index contributed by atoms with van der Waals surface area (Å²) in [6, 6.07) is 27.4. The lowest BCUT2D eigenvalue weighted by Gasteiger charge is -2.34. The fourth-order valence-corrected chi connectivity index (χ4v) is 6.66. The molecule has 0 saturated carbocycles. The van der Waals surface area contributed by atoms with Crippen LogP contribution in [0.3, 0.4) is 0 Å². The molecule has 10 heteroatoms. The Bertz CT molecular complexity index is 1780. The van der Waals surface area contributed by atoms with Crippen LogP contribution in [0.25, 0.3) is 0 Å². The summed E-state index contributed by atoms with van der Waals surface area (Å²) in [6.07, 6.45) is 0.953. The molecule has 0 saturated heterocycles. The van der Waals surface area contributed by atoms with E-state index in [9.17, 15) is 18.0 Å². The lowest BCUT2D eigenvalue weighted by atomic mass is 10.0. The van der Waals surface area contributed by atoms with Gasteiger partial charge < -0.3 is 19.7 Å². The molecule has 0 unspecified atom stereocenters. The van der Waals surface area contributed by atoms with Gasteiger partial charge in [0.05, 0.1) is 24.8 Å². The molecule has 2 amide bonds. The number of carbonyl (C=O) groups excluding carboxylic acids is 2. The number of sulfonamides is 1. The van der Waals surface area contributed by atoms with Crippen LogP contribution < -0.4 is 19.1 Å². The van der Waals surface area contributed by atoms with E-state index < -0.39 is 28.5 Å². The Labute approximate surface area is 284 Å². The number of anilines is 1. The molecule has 48 heavy (non-hydrogen) atoms. The Hall–Kier alpha value is -4.83. The van der Waals surface area contributed by atoms with E-state index in [-0.39, 0.29) is 35.6 Å². The van der Waals surface area contributed by atoms with Crippen LogP contribution in [0.5, 0.6) is 11.5 Å². The van der Waals surface area contributed by atoms with E-state index in [4.69, 9.17) is 9.47 Å². The molecular weight excluding hydrogens is 627 g/mol. The summed E-state index contributed by atoms with van der Waals surface area (Å²) in [5.41, 5.74) is 3.98. The van der Waals surface area contributed by atoms with E-state index in [2.05, 4.69) is 5.32 Å². The number of methoxy groups -OCH3 is 2. The number of nitrogens with one attached hydrogen (secondary N) is 1. The van der Waals surface area contributed by atoms with E-state index in [1.807, 2.05) is 82.3 Å². The fraction of sp³-hybridized carbons (Fsp3) is 0.316. The van der Waals surface area contributed by atoms with E-state index in [1.54, 1.807) is 24.3 Å². The van der Waals surface area contributed by atoms with Gasteiger partial charge in [0.25, 0.3) is 10.0 Å². The van der Waals surface area contributed by atoms with Crippen molar-refractivity contribution in [2.24, 2.45) is 0 Å². The second-order valence-corrected chi connectivity index (χ2v) is 13.8. The maximum Gasteiger partial charge on any atom is 0.264 e. The van der Waals surface area contributed by atoms with Crippen molar-refractivity contribution < 1.29 is 27.5 Å². The molecule has 2 atom stereocenters. The Morgan fingerprint density at radius 1 is 0.792 bits per heavy atom. The summed E-state index contributed by atoms with van der Waals surface area (Å²) in [6.45, 7) is 7.32. The summed E-state index contributed by atoms with van der Waals surface area (Å²) < 4.78 is 40.6. The third kappa shape index (κ3) is 8.95. The normalized spacial score (nSPS) is 12.5. The average Bonchev–Trinajstić information content (AvgIpc) is 3.09. The topological polar surface area (TPSA) is 105 Å². The van der Waals surface area contributed by atoms with Gasteiger partial charge in [-0.05, 0) is 62.6 Å². The second-order valence-electron chi connectivity index (χ2n) is 11.9. The first-order valence-corrected chi connectivity index (χ1v) is 17.4. The van der Waals surface area contributed by atoms with E-state index in [0.29, 0.717) is 17.9 Å². The Balaban J connectivity index is 1.82. The SMILES string of the molecule is CC[C@@H](C)NC(=O)[C@@H](Cc1ccccc1)N(Cc1ccc(C)cc1)C(=O)CN(c1ccc(C)cc1)S(=O)(=O)c1ccc(OC)c(OC)c1. The third-order valence-electron chi connectivity index (χ3n) is 8.29. The van der Waals surface area contributed by atoms with Crippen molar-refractivity contribution in [1.29, 1.82) is 0 Å². The van der Waals surface area contributed by atoms with Crippen molar-refractivity contribution in [3.05, 3.63) is 119 Å². The Morgan fingerprint density at radius 3 is 1.98 bits per heavy atom. The minimum absolute atomic E-state index is 0.0750. The van der Waals surface area contributed by atoms with Crippen molar-refractivity contribution in [2.45, 2.75) is 64.1 Å². The van der Waals surface area contributed by atoms with Crippen molar-refractivity contribution >= 4 is 27.5 Å². The van der Waals surface area contributed by atoms with Crippen LogP contribution in [0.1, 0.15) is 42.5 Å². The molecule has 0 fully saturated rings. The minimum atomic E-state index is -4.31. The molecule has 4 rings (SSSR count). The summed E-state index contributed by atoms with van der Waals surface area (Å²) in [4.78, 5) is 30.1. The predicted molar refractivity (Wildman–Crippen MR) is 189 cm³/mol. The van der Waals surface area contributed by atoms with Gasteiger partial charge in [-0.15, -0.1) is 0 Å². The lowest BCUT2D eigenvalue weighted by Crippen LogP contribution is -2.54. The van der Waals surface area contributed by atoms with Crippen LogP contribution in [0.2, 0.25) is 0 Å². The molecular formula is C38H45N3O6S. The van der Waals surface area contributed by atoms with Crippen LogP contribution in [0.4, 0.5) is 5.69 Å². The molecule has 9 nitrogen and oxygen atoms in total. The van der Waals surface area contributed by atoms with Crippen LogP contribution in [0.15, 0.2) is 102 Å². The van der Waals surface area contributed by atoms with Gasteiger partial charge in [-0.1, -0.05) is 84.8 Å². The maximum atomic E-state index is 14.7. The second kappa shape index (κ2) is 16.3. The highest BCUT2D eigenvalue weighted by Crippen LogP contribution is 2.32. The number of hydrogen-bond donors (Lipinski definition) is 1. The lowest BCUT2D eigenvalue weighted by molar-refractivity contribution is -0.140. The van der Waals surface area contributed by atoms with Crippen LogP contribution in [-0.4, -0.2) is 58.0 Å². The number of nitrogens with zero attached hydrogens (tertiary/aromatic N) is 2. The zero-order valence-electron chi connectivity index (χ0n) is 28.5. The number of benzene rings is 4. The van der Waals surface area contributed by atoms with E-state index in [0.717, 1.165) is 26.6 Å². The highest BCUT2D eigenvalue weighted by atomic mass is 32.2. The molecule has 4 aromatic rings. The summed E-state index contributed by atoms with van der Waals surface area (Å²) in [5, 5.41) is 3.06. The first-order chi connectivity index (χ1) is 23.0. The van der Waals surface area contributed by atoms with Crippen LogP contribution in [-0.2, 0) is 32.6 Å². The average molecular weight is 672 g/mol. The molecule has 1 N–H and O–H groups in total. The van der Waals surface area contributed by atoms with Crippen LogP contribution >= 0.6 is 0 Å². The predicted octanol–water partition coefficient (Wildman–Crippen LogP) is 6.07. The van der Waals surface area contributed by atoms with Gasteiger partial charge in [-0.3, -0.25) is 13.9 Å². The first-order valence-electron chi connectivity index (χ1n) is 16.0. The van der Waals surface area contributed by atoms with Crippen molar-refractivity contribution in [3.8, 4) is 11.5 Å². The van der Waals surface area contributed by atoms with Crippen molar-refractivity contribution in [3.63, 3.8) is 0 Å². The number of hydrogen-bond acceptors (Lipinski definition) is 6. The Morgan fingerprint density at radius 2 is 1.40 bits per heavy atom. The van der Waals surface area contributed by atoms with Gasteiger partial charge in [-0.25, -0.2) is 8.42 Å². The first kappa shape index (κ1) is 36.0. The summed E-state index contributed by atoms with van der Waals surface area (Å²) in [7, 11) is -1.42. The molecule has 0 heterocycles. The minimum Gasteiger partial charge on any atom is -0.493 e. The van der Waals surface area contributed by atoms with E-state index >= 15 is 0 Å². The molecule has 254 valence electrons. The number of aryl methyl sites for hydroxylation is 2. The van der Waals surface area contributed by atoms with E-state index in [1.165, 1.54) is 37.3 Å². The quantitative estimate of drug-likeness (QED) is 0.165. The van der Waals surface area contributed by atoms with Crippen molar-refractivity contribution in [1.82, 2.24) is 10.2 Å². The van der Waals surface area contributed by atoms with Gasteiger partial charge >= 0.3 is 0 Å². The van der Waals surface area contributed by atoms with Crippen LogP contribution in [0, 0.1) is 13.8 Å². The zero-order valence-corrected chi connectivity index (χ0v) is 29.3. The number of amides is 2. The maximum absolute atomic E-state index is 14.7. The molecule has 0 aliphatic carbocycles. The van der Waals surface area contributed by atoms with Crippen molar-refractivity contribution in [2.75, 3.05) is 25.1 Å². The third-order valence-corrected chi connectivity index (χ3v) is 10.1. The van der Waals surface area contributed by atoms with Gasteiger partial charge in [-0.2, -0.15) is 0 Å². The summed E-state index contributed by atoms with van der Waals surface area (Å²) >= 11 is 0. The highest BCUT2D eigenvalue weighted by molar-refractivity contribution is 7.92. The standard InChI is InChI=1S/C38H45N3O6S/c1-7-29(4)39-38(43)34(23-30-11-9-8-10-12-30)40(25-31-17-13-27(2)14-18-31)37(42)26-41(32-19-15-28(3)16-20-32)48(44,45)33-21-22-35(46-5)36(24-33)47-6/h8-22,24,29,34H,7,23,25-26H2,1-6H3,(H,39,43)/t29-,34-/m1/s1. The molecule has 0 spiro atoms. The van der Waals surface area contributed by atoms with Gasteiger partial charge in [0, 0.05) is 25.1 Å². The fourth-order valence-electron chi connectivity index (χ4n) is 5.23. The molecule has 0 radical (unpaired) electrons. The van der Waals surface area contributed by atoms with Gasteiger partial charge in [0.15, 0.2) is 11.5 Å². The molecule has 0 aliphatic heterocycles.